The van der Waals surface area contributed by atoms with Crippen LogP contribution in [0.5, 0.6) is 0 Å². The molecule has 2 aliphatic heterocycles. The van der Waals surface area contributed by atoms with Crippen LogP contribution in [0.4, 0.5) is 10.1 Å². The summed E-state index contributed by atoms with van der Waals surface area (Å²) in [6.45, 7) is 5.14. The Kier molecular flexibility index (Phi) is 5.82. The Balaban J connectivity index is 1.54. The smallest absolute Gasteiger partial charge is 0.236 e. The lowest BCUT2D eigenvalue weighted by Gasteiger charge is -2.37. The van der Waals surface area contributed by atoms with E-state index in [1.165, 1.54) is 6.07 Å². The van der Waals surface area contributed by atoms with Gasteiger partial charge in [0.25, 0.3) is 0 Å². The quantitative estimate of drug-likeness (QED) is 0.759. The van der Waals surface area contributed by atoms with Gasteiger partial charge in [-0.2, -0.15) is 0 Å². The number of benzene rings is 1. The molecule has 3 rings (SSSR count). The zero-order chi connectivity index (χ0) is 18.7. The van der Waals surface area contributed by atoms with Crippen molar-refractivity contribution in [2.24, 2.45) is 0 Å². The highest BCUT2D eigenvalue weighted by Crippen LogP contribution is 2.21. The maximum absolute atomic E-state index is 13.9. The summed E-state index contributed by atoms with van der Waals surface area (Å²) < 4.78 is 37.3. The van der Waals surface area contributed by atoms with Gasteiger partial charge in [0.15, 0.2) is 9.84 Å². The van der Waals surface area contributed by atoms with Crippen LogP contribution >= 0.6 is 0 Å². The minimum atomic E-state index is -2.96. The molecule has 1 aromatic rings. The number of carbonyl (C=O) groups excluding carboxylic acids is 1. The molecule has 0 N–H and O–H groups in total. The highest BCUT2D eigenvalue weighted by atomic mass is 32.2. The number of rotatable bonds is 5. The maximum Gasteiger partial charge on any atom is 0.236 e. The second-order valence-electron chi connectivity index (χ2n) is 6.94. The fraction of sp³-hybridized carbons (Fsp3) is 0.611. The van der Waals surface area contributed by atoms with Gasteiger partial charge in [-0.1, -0.05) is 19.1 Å². The zero-order valence-corrected chi connectivity index (χ0v) is 15.9. The molecule has 0 radical (unpaired) electrons. The van der Waals surface area contributed by atoms with E-state index in [1.807, 2.05) is 22.8 Å². The molecule has 0 aliphatic carbocycles. The van der Waals surface area contributed by atoms with Crippen LogP contribution in [-0.4, -0.2) is 80.9 Å². The van der Waals surface area contributed by atoms with Crippen LogP contribution in [0.3, 0.4) is 0 Å². The summed E-state index contributed by atoms with van der Waals surface area (Å²) in [6, 6.07) is 6.62. The first kappa shape index (κ1) is 19.1. The first-order chi connectivity index (χ1) is 12.4. The third kappa shape index (κ3) is 4.35. The van der Waals surface area contributed by atoms with Crippen LogP contribution in [0.1, 0.15) is 13.3 Å². The van der Waals surface area contributed by atoms with Gasteiger partial charge < -0.3 is 9.80 Å². The van der Waals surface area contributed by atoms with Crippen molar-refractivity contribution in [1.29, 1.82) is 0 Å². The van der Waals surface area contributed by atoms with Crippen molar-refractivity contribution in [3.63, 3.8) is 0 Å². The highest BCUT2D eigenvalue weighted by molar-refractivity contribution is 7.91. The normalized spacial score (nSPS) is 22.8. The van der Waals surface area contributed by atoms with Crippen molar-refractivity contribution in [3.05, 3.63) is 30.1 Å². The summed E-state index contributed by atoms with van der Waals surface area (Å²) in [5.74, 6) is 0.134. The molecule has 0 bridgehead atoms. The van der Waals surface area contributed by atoms with E-state index in [0.29, 0.717) is 44.8 Å². The summed E-state index contributed by atoms with van der Waals surface area (Å²) >= 11 is 0. The molecule has 0 spiro atoms. The number of halogens is 1. The van der Waals surface area contributed by atoms with Crippen LogP contribution in [0.2, 0.25) is 0 Å². The average Bonchev–Trinajstić information content (AvgIpc) is 3.00. The summed E-state index contributed by atoms with van der Waals surface area (Å²) in [4.78, 5) is 18.4. The third-order valence-corrected chi connectivity index (χ3v) is 7.05. The molecule has 26 heavy (non-hydrogen) atoms. The van der Waals surface area contributed by atoms with Crippen LogP contribution < -0.4 is 4.90 Å². The van der Waals surface area contributed by atoms with Gasteiger partial charge in [0.05, 0.1) is 23.7 Å². The van der Waals surface area contributed by atoms with Crippen molar-refractivity contribution < 1.29 is 17.6 Å². The van der Waals surface area contributed by atoms with E-state index in [1.54, 1.807) is 17.0 Å². The third-order valence-electron chi connectivity index (χ3n) is 5.29. The molecule has 2 aliphatic rings. The number of sulfone groups is 1. The van der Waals surface area contributed by atoms with Crippen LogP contribution in [-0.2, 0) is 14.6 Å². The Morgan fingerprint density at radius 1 is 1.23 bits per heavy atom. The molecule has 2 fully saturated rings. The predicted octanol–water partition coefficient (Wildman–Crippen LogP) is 0.983. The molecule has 2 saturated heterocycles. The van der Waals surface area contributed by atoms with E-state index in [4.69, 9.17) is 0 Å². The Bertz CT molecular complexity index is 748. The van der Waals surface area contributed by atoms with E-state index in [-0.39, 0.29) is 35.8 Å². The molecule has 8 heteroatoms. The minimum absolute atomic E-state index is 0.0179. The van der Waals surface area contributed by atoms with Crippen molar-refractivity contribution in [3.8, 4) is 0 Å². The van der Waals surface area contributed by atoms with Gasteiger partial charge >= 0.3 is 0 Å². The molecule has 2 heterocycles. The minimum Gasteiger partial charge on any atom is -0.366 e. The molecule has 1 unspecified atom stereocenters. The lowest BCUT2D eigenvalue weighted by molar-refractivity contribution is -0.133. The molecular formula is C18H26FN3O3S. The van der Waals surface area contributed by atoms with Gasteiger partial charge in [0.1, 0.15) is 5.82 Å². The summed E-state index contributed by atoms with van der Waals surface area (Å²) in [5.41, 5.74) is 0.575. The lowest BCUT2D eigenvalue weighted by atomic mass is 10.2. The Hall–Kier alpha value is -1.67. The molecule has 6 nitrogen and oxygen atoms in total. The molecular weight excluding hydrogens is 357 g/mol. The number of likely N-dealkylation sites (N-methyl/N-ethyl adjacent to an activating group) is 1. The van der Waals surface area contributed by atoms with Gasteiger partial charge in [0.2, 0.25) is 5.91 Å². The monoisotopic (exact) mass is 383 g/mol. The molecule has 0 saturated carbocycles. The number of para-hydroxylation sites is 1. The standard InChI is InChI=1S/C18H26FN3O3S/c1-2-20(15-7-12-26(24,25)14-15)13-18(23)22-10-8-21(9-11-22)17-6-4-3-5-16(17)19/h3-6,15H,2,7-14H2,1H3. The number of anilines is 1. The summed E-state index contributed by atoms with van der Waals surface area (Å²) in [6.07, 6.45) is 0.602. The second-order valence-corrected chi connectivity index (χ2v) is 9.17. The predicted molar refractivity (Wildman–Crippen MR) is 99.5 cm³/mol. The first-order valence-electron chi connectivity index (χ1n) is 9.11. The molecule has 144 valence electrons. The largest absolute Gasteiger partial charge is 0.366 e. The lowest BCUT2D eigenvalue weighted by Crippen LogP contribution is -2.52. The van der Waals surface area contributed by atoms with Crippen molar-refractivity contribution in [1.82, 2.24) is 9.80 Å². The fourth-order valence-electron chi connectivity index (χ4n) is 3.74. The Morgan fingerprint density at radius 2 is 1.92 bits per heavy atom. The second kappa shape index (κ2) is 7.92. The molecule has 1 atom stereocenters. The molecule has 0 aromatic heterocycles. The van der Waals surface area contributed by atoms with Crippen molar-refractivity contribution in [2.45, 2.75) is 19.4 Å². The van der Waals surface area contributed by atoms with E-state index in [9.17, 15) is 17.6 Å². The van der Waals surface area contributed by atoms with Crippen LogP contribution in [0, 0.1) is 5.82 Å². The van der Waals surface area contributed by atoms with Crippen molar-refractivity contribution >= 4 is 21.4 Å². The highest BCUT2D eigenvalue weighted by Gasteiger charge is 2.33. The van der Waals surface area contributed by atoms with Gasteiger partial charge in [-0.15, -0.1) is 0 Å². The summed E-state index contributed by atoms with van der Waals surface area (Å²) in [7, 11) is -2.96. The van der Waals surface area contributed by atoms with Gasteiger partial charge in [-0.05, 0) is 25.1 Å². The zero-order valence-electron chi connectivity index (χ0n) is 15.1. The van der Waals surface area contributed by atoms with Gasteiger partial charge in [0, 0.05) is 32.2 Å². The van der Waals surface area contributed by atoms with Crippen LogP contribution in [0.15, 0.2) is 24.3 Å². The van der Waals surface area contributed by atoms with E-state index in [2.05, 4.69) is 0 Å². The van der Waals surface area contributed by atoms with E-state index >= 15 is 0 Å². The Labute approximate surface area is 154 Å². The topological polar surface area (TPSA) is 60.9 Å². The van der Waals surface area contributed by atoms with Gasteiger partial charge in [-0.25, -0.2) is 12.8 Å². The number of amides is 1. The van der Waals surface area contributed by atoms with Gasteiger partial charge in [-0.3, -0.25) is 9.69 Å². The van der Waals surface area contributed by atoms with Crippen molar-refractivity contribution in [2.75, 3.05) is 55.7 Å². The van der Waals surface area contributed by atoms with E-state index in [0.717, 1.165) is 0 Å². The maximum atomic E-state index is 13.9. The first-order valence-corrected chi connectivity index (χ1v) is 10.9. The number of piperazine rings is 1. The average molecular weight is 383 g/mol. The summed E-state index contributed by atoms with van der Waals surface area (Å²) in [5, 5.41) is 0. The SMILES string of the molecule is CCN(CC(=O)N1CCN(c2ccccc2F)CC1)C1CCS(=O)(=O)C1. The van der Waals surface area contributed by atoms with E-state index < -0.39 is 9.84 Å². The molecule has 1 amide bonds. The molecule has 1 aromatic carbocycles. The van der Waals surface area contributed by atoms with Crippen LogP contribution in [0.25, 0.3) is 0 Å². The number of hydrogen-bond donors (Lipinski definition) is 0. The number of carbonyl (C=O) groups is 1. The fourth-order valence-corrected chi connectivity index (χ4v) is 5.50. The number of hydrogen-bond acceptors (Lipinski definition) is 5. The Morgan fingerprint density at radius 3 is 2.50 bits per heavy atom. The number of nitrogens with zero attached hydrogens (tertiary/aromatic N) is 3.